The number of benzene rings is 1. The molecule has 0 aromatic heterocycles. The Hall–Kier alpha value is -1.58. The van der Waals surface area contributed by atoms with Gasteiger partial charge in [0.25, 0.3) is 5.91 Å². The van der Waals surface area contributed by atoms with Crippen LogP contribution in [-0.4, -0.2) is 17.6 Å². The first-order valence-corrected chi connectivity index (χ1v) is 7.36. The lowest BCUT2D eigenvalue weighted by Gasteiger charge is -2.27. The summed E-state index contributed by atoms with van der Waals surface area (Å²) in [5, 5.41) is 12.4. The fourth-order valence-corrected chi connectivity index (χ4v) is 2.87. The van der Waals surface area contributed by atoms with Crippen LogP contribution in [0.5, 0.6) is 5.75 Å². The first-order chi connectivity index (χ1) is 9.60. The Balaban J connectivity index is 1.85. The molecule has 1 amide bonds. The van der Waals surface area contributed by atoms with E-state index < -0.39 is 11.7 Å². The number of carbonyl (C=O) groups excluding carboxylic acids is 1. The van der Waals surface area contributed by atoms with Gasteiger partial charge in [0.2, 0.25) is 0 Å². The zero-order valence-corrected chi connectivity index (χ0v) is 11.9. The van der Waals surface area contributed by atoms with Crippen molar-refractivity contribution in [2.24, 2.45) is 11.8 Å². The molecular formula is C16H22FNO2. The molecule has 0 spiro atoms. The molecule has 20 heavy (non-hydrogen) atoms. The lowest BCUT2D eigenvalue weighted by molar-refractivity contribution is 0.0938. The van der Waals surface area contributed by atoms with Crippen LogP contribution in [0.15, 0.2) is 18.2 Å². The second kappa shape index (κ2) is 6.73. The van der Waals surface area contributed by atoms with E-state index in [0.29, 0.717) is 12.5 Å². The maximum atomic E-state index is 13.1. The van der Waals surface area contributed by atoms with Gasteiger partial charge in [-0.3, -0.25) is 4.79 Å². The molecule has 1 aromatic carbocycles. The van der Waals surface area contributed by atoms with Gasteiger partial charge < -0.3 is 10.4 Å². The third-order valence-electron chi connectivity index (χ3n) is 4.30. The van der Waals surface area contributed by atoms with Gasteiger partial charge >= 0.3 is 0 Å². The molecule has 1 aromatic rings. The first kappa shape index (κ1) is 14.8. The molecule has 3 nitrogen and oxygen atoms in total. The van der Waals surface area contributed by atoms with Crippen molar-refractivity contribution in [3.8, 4) is 5.75 Å². The van der Waals surface area contributed by atoms with Crippen molar-refractivity contribution in [3.63, 3.8) is 0 Å². The zero-order chi connectivity index (χ0) is 14.5. The zero-order valence-electron chi connectivity index (χ0n) is 11.9. The maximum Gasteiger partial charge on any atom is 0.255 e. The molecule has 2 rings (SSSR count). The van der Waals surface area contributed by atoms with E-state index in [-0.39, 0.29) is 11.3 Å². The smallest absolute Gasteiger partial charge is 0.255 e. The number of hydrogen-bond acceptors (Lipinski definition) is 2. The summed E-state index contributed by atoms with van der Waals surface area (Å²) in [5.41, 5.74) is 0.00671. The van der Waals surface area contributed by atoms with E-state index >= 15 is 0 Å². The highest BCUT2D eigenvalue weighted by Crippen LogP contribution is 2.30. The van der Waals surface area contributed by atoms with Gasteiger partial charge in [0.15, 0.2) is 0 Å². The number of rotatable bonds is 4. The molecule has 0 heterocycles. The Morgan fingerprint density at radius 2 is 1.95 bits per heavy atom. The number of nitrogens with one attached hydrogen (secondary N) is 1. The van der Waals surface area contributed by atoms with Crippen molar-refractivity contribution < 1.29 is 14.3 Å². The fraction of sp³-hybridized carbons (Fsp3) is 0.562. The average molecular weight is 279 g/mol. The molecule has 110 valence electrons. The SMILES string of the molecule is CCC1CCC(CNC(=O)c2cc(F)ccc2O)CC1. The van der Waals surface area contributed by atoms with Crippen molar-refractivity contribution in [3.05, 3.63) is 29.6 Å². The first-order valence-electron chi connectivity index (χ1n) is 7.36. The molecule has 1 saturated carbocycles. The Kier molecular flexibility index (Phi) is 4.99. The van der Waals surface area contributed by atoms with Crippen molar-refractivity contribution >= 4 is 5.91 Å². The molecule has 0 bridgehead atoms. The van der Waals surface area contributed by atoms with Crippen LogP contribution in [0.2, 0.25) is 0 Å². The third-order valence-corrected chi connectivity index (χ3v) is 4.30. The van der Waals surface area contributed by atoms with Crippen LogP contribution in [-0.2, 0) is 0 Å². The van der Waals surface area contributed by atoms with Gasteiger partial charge in [0.1, 0.15) is 11.6 Å². The van der Waals surface area contributed by atoms with E-state index in [1.807, 2.05) is 0 Å². The largest absolute Gasteiger partial charge is 0.507 e. The average Bonchev–Trinajstić information content (AvgIpc) is 2.47. The highest BCUT2D eigenvalue weighted by atomic mass is 19.1. The summed E-state index contributed by atoms with van der Waals surface area (Å²) in [4.78, 5) is 11.9. The van der Waals surface area contributed by atoms with Crippen LogP contribution < -0.4 is 5.32 Å². The van der Waals surface area contributed by atoms with Crippen LogP contribution in [0.3, 0.4) is 0 Å². The van der Waals surface area contributed by atoms with Crippen molar-refractivity contribution in [1.82, 2.24) is 5.32 Å². The second-order valence-corrected chi connectivity index (χ2v) is 5.67. The normalized spacial score (nSPS) is 22.5. The second-order valence-electron chi connectivity index (χ2n) is 5.67. The Labute approximate surface area is 119 Å². The summed E-state index contributed by atoms with van der Waals surface area (Å²) in [6, 6.07) is 3.41. The summed E-state index contributed by atoms with van der Waals surface area (Å²) in [6.07, 6.45) is 5.95. The molecule has 0 radical (unpaired) electrons. The molecule has 0 unspecified atom stereocenters. The summed E-state index contributed by atoms with van der Waals surface area (Å²) in [5.74, 6) is 0.223. The van der Waals surface area contributed by atoms with Crippen molar-refractivity contribution in [1.29, 1.82) is 0 Å². The van der Waals surface area contributed by atoms with Gasteiger partial charge in [0, 0.05) is 6.54 Å². The minimum atomic E-state index is -0.517. The van der Waals surface area contributed by atoms with E-state index in [9.17, 15) is 14.3 Å². The number of phenols is 1. The van der Waals surface area contributed by atoms with E-state index in [2.05, 4.69) is 12.2 Å². The van der Waals surface area contributed by atoms with Gasteiger partial charge in [-0.15, -0.1) is 0 Å². The molecule has 1 fully saturated rings. The number of hydrogen-bond donors (Lipinski definition) is 2. The summed E-state index contributed by atoms with van der Waals surface area (Å²) in [6.45, 7) is 2.82. The van der Waals surface area contributed by atoms with Gasteiger partial charge in [-0.25, -0.2) is 4.39 Å². The monoisotopic (exact) mass is 279 g/mol. The molecule has 1 aliphatic carbocycles. The van der Waals surface area contributed by atoms with Crippen LogP contribution in [0, 0.1) is 17.7 Å². The summed E-state index contributed by atoms with van der Waals surface area (Å²) >= 11 is 0. The topological polar surface area (TPSA) is 49.3 Å². The Morgan fingerprint density at radius 1 is 1.30 bits per heavy atom. The van der Waals surface area contributed by atoms with E-state index in [0.717, 1.165) is 30.9 Å². The van der Waals surface area contributed by atoms with Gasteiger partial charge in [-0.2, -0.15) is 0 Å². The maximum absolute atomic E-state index is 13.1. The van der Waals surface area contributed by atoms with Crippen LogP contribution >= 0.6 is 0 Å². The highest BCUT2D eigenvalue weighted by molar-refractivity contribution is 5.96. The Bertz CT molecular complexity index is 468. The lowest BCUT2D eigenvalue weighted by atomic mass is 9.81. The van der Waals surface area contributed by atoms with E-state index in [1.165, 1.54) is 25.3 Å². The van der Waals surface area contributed by atoms with E-state index in [4.69, 9.17) is 0 Å². The summed E-state index contributed by atoms with van der Waals surface area (Å²) in [7, 11) is 0. The number of aromatic hydroxyl groups is 1. The van der Waals surface area contributed by atoms with Crippen LogP contribution in [0.4, 0.5) is 4.39 Å². The fourth-order valence-electron chi connectivity index (χ4n) is 2.87. The molecule has 0 saturated heterocycles. The third kappa shape index (κ3) is 3.71. The van der Waals surface area contributed by atoms with Crippen LogP contribution in [0.1, 0.15) is 49.4 Å². The molecule has 0 atom stereocenters. The number of phenolic OH excluding ortho intramolecular Hbond substituents is 1. The van der Waals surface area contributed by atoms with Gasteiger partial charge in [-0.1, -0.05) is 26.2 Å². The minimum Gasteiger partial charge on any atom is -0.507 e. The van der Waals surface area contributed by atoms with E-state index in [1.54, 1.807) is 0 Å². The molecular weight excluding hydrogens is 257 g/mol. The van der Waals surface area contributed by atoms with Gasteiger partial charge in [0.05, 0.1) is 5.56 Å². The predicted molar refractivity (Wildman–Crippen MR) is 76.1 cm³/mol. The minimum absolute atomic E-state index is 0.00671. The standard InChI is InChI=1S/C16H22FNO2/c1-2-11-3-5-12(6-4-11)10-18-16(20)14-9-13(17)7-8-15(14)19/h7-9,11-12,19H,2-6,10H2,1H3,(H,18,20). The summed E-state index contributed by atoms with van der Waals surface area (Å²) < 4.78 is 13.1. The molecule has 4 heteroatoms. The molecule has 0 aliphatic heterocycles. The lowest BCUT2D eigenvalue weighted by Crippen LogP contribution is -2.31. The van der Waals surface area contributed by atoms with Crippen molar-refractivity contribution in [2.45, 2.75) is 39.0 Å². The quantitative estimate of drug-likeness (QED) is 0.886. The highest BCUT2D eigenvalue weighted by Gasteiger charge is 2.21. The number of amides is 1. The number of halogens is 1. The van der Waals surface area contributed by atoms with Gasteiger partial charge in [-0.05, 0) is 42.9 Å². The Morgan fingerprint density at radius 3 is 2.60 bits per heavy atom. The molecule has 1 aliphatic rings. The van der Waals surface area contributed by atoms with Crippen LogP contribution in [0.25, 0.3) is 0 Å². The predicted octanol–water partition coefficient (Wildman–Crippen LogP) is 3.48. The van der Waals surface area contributed by atoms with Crippen molar-refractivity contribution in [2.75, 3.05) is 6.54 Å². The number of carbonyl (C=O) groups is 1. The molecule has 2 N–H and O–H groups in total.